The van der Waals surface area contributed by atoms with Crippen LogP contribution < -0.4 is 11.2 Å². The minimum Gasteiger partial charge on any atom is -0.394 e. The van der Waals surface area contributed by atoms with E-state index in [2.05, 4.69) is 0 Å². The molecule has 7 nitrogen and oxygen atoms in total. The molecule has 0 aliphatic carbocycles. The Morgan fingerprint density at radius 1 is 1.50 bits per heavy atom. The van der Waals surface area contributed by atoms with E-state index in [9.17, 15) is 27.9 Å². The zero-order valence-electron chi connectivity index (χ0n) is 10.9. The molecular weight excluding hydrogens is 309 g/mol. The molecule has 0 saturated carbocycles. The summed E-state index contributed by atoms with van der Waals surface area (Å²) in [6, 6.07) is 0. The lowest BCUT2D eigenvalue weighted by atomic mass is 9.96. The van der Waals surface area contributed by atoms with Crippen molar-refractivity contribution in [1.29, 1.82) is 0 Å². The number of aliphatic hydroxyl groups is 2. The quantitative estimate of drug-likeness (QED) is 0.582. The van der Waals surface area contributed by atoms with Crippen LogP contribution in [0.4, 0.5) is 13.2 Å². The Balaban J connectivity index is 2.59. The lowest BCUT2D eigenvalue weighted by molar-refractivity contribution is -0.0547. The molecule has 120 valence electrons. The summed E-state index contributed by atoms with van der Waals surface area (Å²) in [6.45, 7) is -2.05. The predicted octanol–water partition coefficient (Wildman–Crippen LogP) is -1.39. The fourth-order valence-corrected chi connectivity index (χ4v) is 2.11. The molecule has 1 aliphatic heterocycles. The third-order valence-corrected chi connectivity index (χ3v) is 3.15. The second-order valence-electron chi connectivity index (χ2n) is 4.50. The van der Waals surface area contributed by atoms with Crippen molar-refractivity contribution in [2.75, 3.05) is 13.3 Å². The Morgan fingerprint density at radius 3 is 2.77 bits per heavy atom. The second-order valence-corrected chi connectivity index (χ2v) is 4.50. The lowest BCUT2D eigenvalue weighted by Gasteiger charge is -2.23. The van der Waals surface area contributed by atoms with E-state index < -0.39 is 54.5 Å². The van der Waals surface area contributed by atoms with Gasteiger partial charge in [-0.25, -0.2) is 13.6 Å². The van der Waals surface area contributed by atoms with Crippen LogP contribution in [-0.2, 0) is 4.74 Å². The molecule has 0 amide bonds. The molecule has 4 atom stereocenters. The number of ether oxygens (including phenoxy) is 1. The van der Waals surface area contributed by atoms with Gasteiger partial charge in [0.1, 0.15) is 18.9 Å². The van der Waals surface area contributed by atoms with Crippen molar-refractivity contribution in [3.63, 3.8) is 0 Å². The molecule has 1 aromatic rings. The van der Waals surface area contributed by atoms with Crippen molar-refractivity contribution in [2.24, 2.45) is 0 Å². The number of aromatic nitrogens is 2. The second kappa shape index (κ2) is 5.96. The highest BCUT2D eigenvalue weighted by atomic mass is 19.1. The standard InChI is InChI=1S/C12H11F3N2O5/c13-3-1-2-12(15)8(19)7(5-18)22-10(12)17-4-6(14)9(20)16-11(17)21/h4,7-8,10,18-19H,3,5H2,(H,16,20,21)/t7?,8-,10?,12?/m0/s1. The molecule has 1 saturated heterocycles. The molecule has 22 heavy (non-hydrogen) atoms. The van der Waals surface area contributed by atoms with E-state index in [4.69, 9.17) is 9.84 Å². The van der Waals surface area contributed by atoms with Crippen LogP contribution in [0.5, 0.6) is 0 Å². The van der Waals surface area contributed by atoms with E-state index in [1.807, 2.05) is 0 Å². The summed E-state index contributed by atoms with van der Waals surface area (Å²) in [5, 5.41) is 18.8. The first kappa shape index (κ1) is 16.3. The number of nitrogens with one attached hydrogen (secondary N) is 1. The maximum Gasteiger partial charge on any atom is 0.330 e. The van der Waals surface area contributed by atoms with Gasteiger partial charge in [-0.2, -0.15) is 4.39 Å². The predicted molar refractivity (Wildman–Crippen MR) is 65.9 cm³/mol. The first-order chi connectivity index (χ1) is 10.3. The Bertz CT molecular complexity index is 737. The van der Waals surface area contributed by atoms with Crippen molar-refractivity contribution in [2.45, 2.75) is 24.1 Å². The molecule has 0 aromatic carbocycles. The van der Waals surface area contributed by atoms with Crippen molar-refractivity contribution < 1.29 is 28.1 Å². The number of rotatable bonds is 2. The van der Waals surface area contributed by atoms with Crippen LogP contribution in [-0.4, -0.2) is 50.9 Å². The van der Waals surface area contributed by atoms with E-state index in [0.717, 1.165) is 0 Å². The van der Waals surface area contributed by atoms with Crippen LogP contribution in [0.1, 0.15) is 6.23 Å². The molecule has 0 bridgehead atoms. The molecule has 1 aromatic heterocycles. The summed E-state index contributed by atoms with van der Waals surface area (Å²) in [5.41, 5.74) is -5.52. The summed E-state index contributed by atoms with van der Waals surface area (Å²) in [4.78, 5) is 24.2. The number of H-pyrrole nitrogens is 1. The van der Waals surface area contributed by atoms with E-state index in [1.165, 1.54) is 0 Å². The summed E-state index contributed by atoms with van der Waals surface area (Å²) in [5.74, 6) is 2.14. The average Bonchev–Trinajstić information content (AvgIpc) is 2.73. The Morgan fingerprint density at radius 2 is 2.18 bits per heavy atom. The molecule has 2 heterocycles. The number of nitrogens with zero attached hydrogens (tertiary/aromatic N) is 1. The van der Waals surface area contributed by atoms with Gasteiger partial charge in [0, 0.05) is 0 Å². The highest BCUT2D eigenvalue weighted by molar-refractivity contribution is 5.23. The van der Waals surface area contributed by atoms with Gasteiger partial charge >= 0.3 is 5.69 Å². The maximum atomic E-state index is 14.9. The van der Waals surface area contributed by atoms with Gasteiger partial charge in [-0.15, -0.1) is 0 Å². The van der Waals surface area contributed by atoms with E-state index in [1.54, 1.807) is 16.8 Å². The van der Waals surface area contributed by atoms with Crippen LogP contribution >= 0.6 is 0 Å². The normalized spacial score (nSPS) is 30.9. The summed E-state index contributed by atoms with van der Waals surface area (Å²) in [6.07, 6.45) is -5.07. The van der Waals surface area contributed by atoms with Crippen molar-refractivity contribution in [1.82, 2.24) is 9.55 Å². The molecule has 0 radical (unpaired) electrons. The molecular formula is C12H11F3N2O5. The zero-order chi connectivity index (χ0) is 16.5. The molecule has 10 heteroatoms. The van der Waals surface area contributed by atoms with Gasteiger partial charge < -0.3 is 14.9 Å². The van der Waals surface area contributed by atoms with Crippen molar-refractivity contribution in [3.8, 4) is 11.8 Å². The lowest BCUT2D eigenvalue weighted by Crippen LogP contribution is -2.45. The van der Waals surface area contributed by atoms with E-state index in [-0.39, 0.29) is 0 Å². The summed E-state index contributed by atoms with van der Waals surface area (Å²) >= 11 is 0. The number of hydrogen-bond acceptors (Lipinski definition) is 5. The molecule has 3 unspecified atom stereocenters. The van der Waals surface area contributed by atoms with Crippen molar-refractivity contribution >= 4 is 0 Å². The molecule has 3 N–H and O–H groups in total. The van der Waals surface area contributed by atoms with Crippen molar-refractivity contribution in [3.05, 3.63) is 32.9 Å². The van der Waals surface area contributed by atoms with Gasteiger partial charge in [-0.1, -0.05) is 11.8 Å². The summed E-state index contributed by atoms with van der Waals surface area (Å²) < 4.78 is 45.7. The monoisotopic (exact) mass is 320 g/mol. The third-order valence-electron chi connectivity index (χ3n) is 3.15. The number of alkyl halides is 2. The minimum absolute atomic E-state index is 0.336. The summed E-state index contributed by atoms with van der Waals surface area (Å²) in [7, 11) is 0. The van der Waals surface area contributed by atoms with Crippen LogP contribution in [0.15, 0.2) is 15.8 Å². The van der Waals surface area contributed by atoms with Gasteiger partial charge in [0.15, 0.2) is 6.23 Å². The van der Waals surface area contributed by atoms with Crippen LogP contribution in [0, 0.1) is 17.7 Å². The first-order valence-electron chi connectivity index (χ1n) is 6.05. The zero-order valence-corrected chi connectivity index (χ0v) is 10.9. The smallest absolute Gasteiger partial charge is 0.330 e. The van der Waals surface area contributed by atoms with E-state index in [0.29, 0.717) is 10.8 Å². The molecule has 1 fully saturated rings. The maximum absolute atomic E-state index is 14.9. The number of hydrogen-bond donors (Lipinski definition) is 3. The highest BCUT2D eigenvalue weighted by Gasteiger charge is 2.57. The molecule has 2 rings (SSSR count). The minimum atomic E-state index is -2.98. The number of aliphatic hydroxyl groups excluding tert-OH is 2. The van der Waals surface area contributed by atoms with Gasteiger partial charge in [0.2, 0.25) is 11.5 Å². The van der Waals surface area contributed by atoms with Gasteiger partial charge in [0.05, 0.1) is 12.8 Å². The molecule has 1 aliphatic rings. The fraction of sp³-hybridized carbons (Fsp3) is 0.500. The Labute approximate surface area is 121 Å². The third kappa shape index (κ3) is 2.54. The van der Waals surface area contributed by atoms with Gasteiger partial charge in [-0.3, -0.25) is 14.3 Å². The fourth-order valence-electron chi connectivity index (χ4n) is 2.11. The van der Waals surface area contributed by atoms with Crippen LogP contribution in [0.2, 0.25) is 0 Å². The number of halogens is 3. The van der Waals surface area contributed by atoms with Gasteiger partial charge in [-0.05, 0) is 0 Å². The van der Waals surface area contributed by atoms with E-state index >= 15 is 0 Å². The highest BCUT2D eigenvalue weighted by Crippen LogP contribution is 2.40. The first-order valence-corrected chi connectivity index (χ1v) is 6.05. The molecule has 0 spiro atoms. The Kier molecular flexibility index (Phi) is 4.41. The van der Waals surface area contributed by atoms with Crippen LogP contribution in [0.25, 0.3) is 0 Å². The topological polar surface area (TPSA) is 105 Å². The largest absolute Gasteiger partial charge is 0.394 e. The Hall–Kier alpha value is -2.09. The number of aromatic amines is 1. The van der Waals surface area contributed by atoms with Gasteiger partial charge in [0.25, 0.3) is 5.56 Å². The average molecular weight is 320 g/mol. The van der Waals surface area contributed by atoms with Crippen LogP contribution in [0.3, 0.4) is 0 Å². The SMILES string of the molecule is O=c1[nH]c(=O)n(C2OC(CO)[C@H](O)C2(F)C#CCF)cc1F.